The van der Waals surface area contributed by atoms with Crippen LogP contribution in [0.15, 0.2) is 57.8 Å². The summed E-state index contributed by atoms with van der Waals surface area (Å²) in [4.78, 5) is 19.2. The smallest absolute Gasteiger partial charge is 0.252 e. The largest absolute Gasteiger partial charge is 0.497 e. The molecule has 1 heterocycles. The van der Waals surface area contributed by atoms with Gasteiger partial charge in [-0.2, -0.15) is 0 Å². The van der Waals surface area contributed by atoms with Gasteiger partial charge in [0.15, 0.2) is 0 Å². The van der Waals surface area contributed by atoms with Crippen LogP contribution in [0.2, 0.25) is 0 Å². The summed E-state index contributed by atoms with van der Waals surface area (Å²) < 4.78 is 6.05. The maximum atomic E-state index is 12.0. The molecule has 5 nitrogen and oxygen atoms in total. The van der Waals surface area contributed by atoms with E-state index < -0.39 is 0 Å². The van der Waals surface area contributed by atoms with Crippen molar-refractivity contribution in [2.45, 2.75) is 6.92 Å². The number of nitrogens with zero attached hydrogens (tertiary/aromatic N) is 1. The summed E-state index contributed by atoms with van der Waals surface area (Å²) in [7, 11) is 1.61. The van der Waals surface area contributed by atoms with Crippen molar-refractivity contribution in [3.63, 3.8) is 0 Å². The summed E-state index contributed by atoms with van der Waals surface area (Å²) in [5.74, 6) is 1.14. The fraction of sp³-hybridized carbons (Fsp3) is 0.111. The molecule has 0 spiro atoms. The van der Waals surface area contributed by atoms with E-state index >= 15 is 0 Å². The fourth-order valence-corrected chi connectivity index (χ4v) is 2.87. The van der Waals surface area contributed by atoms with Gasteiger partial charge < -0.3 is 10.1 Å². The Labute approximate surface area is 147 Å². The number of nitrogens with one attached hydrogen (secondary N) is 2. The minimum absolute atomic E-state index is 0.221. The number of anilines is 2. The molecule has 0 saturated heterocycles. The lowest BCUT2D eigenvalue weighted by atomic mass is 10.1. The van der Waals surface area contributed by atoms with Crippen LogP contribution in [0.1, 0.15) is 5.56 Å². The van der Waals surface area contributed by atoms with E-state index in [1.807, 2.05) is 49.4 Å². The number of benzene rings is 2. The number of rotatable bonds is 4. The molecule has 24 heavy (non-hydrogen) atoms. The van der Waals surface area contributed by atoms with Gasteiger partial charge in [0.2, 0.25) is 5.95 Å². The van der Waals surface area contributed by atoms with E-state index in [-0.39, 0.29) is 5.56 Å². The number of halogens is 1. The van der Waals surface area contributed by atoms with Gasteiger partial charge in [0.25, 0.3) is 5.56 Å². The van der Waals surface area contributed by atoms with E-state index in [4.69, 9.17) is 4.74 Å². The van der Waals surface area contributed by atoms with Gasteiger partial charge in [0.1, 0.15) is 5.75 Å². The second-order valence-corrected chi connectivity index (χ2v) is 6.17. The van der Waals surface area contributed by atoms with Crippen molar-refractivity contribution in [2.24, 2.45) is 0 Å². The molecule has 0 unspecified atom stereocenters. The third-order valence-electron chi connectivity index (χ3n) is 3.51. The molecule has 6 heteroatoms. The van der Waals surface area contributed by atoms with E-state index in [0.717, 1.165) is 27.0 Å². The average Bonchev–Trinajstić information content (AvgIpc) is 2.57. The highest BCUT2D eigenvalue weighted by atomic mass is 79.9. The van der Waals surface area contributed by atoms with Gasteiger partial charge >= 0.3 is 0 Å². The Kier molecular flexibility index (Phi) is 4.66. The number of hydrogen-bond donors (Lipinski definition) is 2. The summed E-state index contributed by atoms with van der Waals surface area (Å²) in [5.41, 5.74) is 3.18. The normalized spacial score (nSPS) is 10.5. The van der Waals surface area contributed by atoms with Crippen molar-refractivity contribution < 1.29 is 4.74 Å². The minimum Gasteiger partial charge on any atom is -0.497 e. The summed E-state index contributed by atoms with van der Waals surface area (Å²) in [5, 5.41) is 3.13. The number of aryl methyl sites for hydroxylation is 1. The molecule has 0 atom stereocenters. The predicted octanol–water partition coefficient (Wildman–Crippen LogP) is 4.26. The molecule has 0 aliphatic carbocycles. The zero-order chi connectivity index (χ0) is 17.1. The van der Waals surface area contributed by atoms with Gasteiger partial charge in [-0.1, -0.05) is 6.07 Å². The van der Waals surface area contributed by atoms with Crippen molar-refractivity contribution in [3.8, 4) is 17.0 Å². The maximum Gasteiger partial charge on any atom is 0.252 e. The highest BCUT2D eigenvalue weighted by Gasteiger charge is 2.07. The second kappa shape index (κ2) is 6.88. The third kappa shape index (κ3) is 3.65. The first-order valence-corrected chi connectivity index (χ1v) is 8.13. The van der Waals surface area contributed by atoms with Gasteiger partial charge in [-0.05, 0) is 64.8 Å². The van der Waals surface area contributed by atoms with Crippen molar-refractivity contribution in [1.29, 1.82) is 0 Å². The number of aromatic nitrogens is 2. The van der Waals surface area contributed by atoms with Gasteiger partial charge in [-0.25, -0.2) is 4.98 Å². The molecule has 122 valence electrons. The van der Waals surface area contributed by atoms with E-state index in [1.165, 1.54) is 6.07 Å². The van der Waals surface area contributed by atoms with Crippen LogP contribution in [0, 0.1) is 6.92 Å². The van der Waals surface area contributed by atoms with Crippen LogP contribution in [0.3, 0.4) is 0 Å². The Morgan fingerprint density at radius 2 is 1.88 bits per heavy atom. The molecule has 0 fully saturated rings. The molecule has 3 rings (SSSR count). The summed E-state index contributed by atoms with van der Waals surface area (Å²) in [6.45, 7) is 2.01. The second-order valence-electron chi connectivity index (χ2n) is 5.32. The molecular weight excluding hydrogens is 370 g/mol. The lowest BCUT2D eigenvalue weighted by molar-refractivity contribution is 0.415. The van der Waals surface area contributed by atoms with Crippen LogP contribution in [0.5, 0.6) is 5.75 Å². The molecular formula is C18H16BrN3O2. The molecule has 2 N–H and O–H groups in total. The Hall–Kier alpha value is -2.60. The van der Waals surface area contributed by atoms with Gasteiger partial charge in [0.05, 0.1) is 18.5 Å². The number of ether oxygens (including phenoxy) is 1. The van der Waals surface area contributed by atoms with E-state index in [2.05, 4.69) is 31.2 Å². The highest BCUT2D eigenvalue weighted by Crippen LogP contribution is 2.26. The summed E-state index contributed by atoms with van der Waals surface area (Å²) in [6, 6.07) is 14.8. The van der Waals surface area contributed by atoms with Crippen molar-refractivity contribution in [2.75, 3.05) is 12.4 Å². The standard InChI is InChI=1S/C18H16BrN3O2/c1-11-3-8-15(14(19)9-11)20-18-21-16(10-17(23)22-18)12-4-6-13(24-2)7-5-12/h3-10H,1-2H3,(H2,20,21,22,23). The molecule has 0 bridgehead atoms. The number of hydrogen-bond acceptors (Lipinski definition) is 4. The van der Waals surface area contributed by atoms with Gasteiger partial charge in [0, 0.05) is 16.1 Å². The van der Waals surface area contributed by atoms with Crippen LogP contribution in [0.4, 0.5) is 11.6 Å². The minimum atomic E-state index is -0.221. The topological polar surface area (TPSA) is 67.0 Å². The predicted molar refractivity (Wildman–Crippen MR) is 99.0 cm³/mol. The van der Waals surface area contributed by atoms with Crippen LogP contribution >= 0.6 is 15.9 Å². The molecule has 0 aliphatic rings. The van der Waals surface area contributed by atoms with E-state index in [0.29, 0.717) is 11.6 Å². The zero-order valence-electron chi connectivity index (χ0n) is 13.3. The Morgan fingerprint density at radius 3 is 2.54 bits per heavy atom. The van der Waals surface area contributed by atoms with Crippen molar-refractivity contribution >= 4 is 27.6 Å². The third-order valence-corrected chi connectivity index (χ3v) is 4.16. The van der Waals surface area contributed by atoms with Gasteiger partial charge in [-0.3, -0.25) is 9.78 Å². The first kappa shape index (κ1) is 16.3. The first-order valence-electron chi connectivity index (χ1n) is 7.34. The Balaban J connectivity index is 1.95. The van der Waals surface area contributed by atoms with Crippen molar-refractivity contribution in [1.82, 2.24) is 9.97 Å². The molecule has 2 aromatic carbocycles. The highest BCUT2D eigenvalue weighted by molar-refractivity contribution is 9.10. The fourth-order valence-electron chi connectivity index (χ4n) is 2.28. The lowest BCUT2D eigenvalue weighted by Gasteiger charge is -2.10. The molecule has 0 radical (unpaired) electrons. The van der Waals surface area contributed by atoms with Gasteiger partial charge in [-0.15, -0.1) is 0 Å². The van der Waals surface area contributed by atoms with E-state index in [1.54, 1.807) is 7.11 Å². The van der Waals surface area contributed by atoms with Crippen LogP contribution < -0.4 is 15.6 Å². The maximum absolute atomic E-state index is 12.0. The quantitative estimate of drug-likeness (QED) is 0.703. The van der Waals surface area contributed by atoms with Crippen LogP contribution in [-0.4, -0.2) is 17.1 Å². The summed E-state index contributed by atoms with van der Waals surface area (Å²) >= 11 is 3.51. The molecule has 1 aromatic heterocycles. The molecule has 0 saturated carbocycles. The lowest BCUT2D eigenvalue weighted by Crippen LogP contribution is -2.10. The van der Waals surface area contributed by atoms with E-state index in [9.17, 15) is 4.79 Å². The summed E-state index contributed by atoms with van der Waals surface area (Å²) in [6.07, 6.45) is 0. The van der Waals surface area contributed by atoms with Crippen LogP contribution in [-0.2, 0) is 0 Å². The first-order chi connectivity index (χ1) is 11.5. The SMILES string of the molecule is COc1ccc(-c2cc(=O)[nH]c(Nc3ccc(C)cc3Br)n2)cc1. The monoisotopic (exact) mass is 385 g/mol. The number of H-pyrrole nitrogens is 1. The Bertz CT molecular complexity index is 920. The average molecular weight is 386 g/mol. The Morgan fingerprint density at radius 1 is 1.12 bits per heavy atom. The number of methoxy groups -OCH3 is 1. The molecule has 3 aromatic rings. The van der Waals surface area contributed by atoms with Crippen LogP contribution in [0.25, 0.3) is 11.3 Å². The van der Waals surface area contributed by atoms with Crippen molar-refractivity contribution in [3.05, 3.63) is 68.9 Å². The molecule has 0 aliphatic heterocycles. The number of aromatic amines is 1. The molecule has 0 amide bonds. The zero-order valence-corrected chi connectivity index (χ0v) is 14.8.